The van der Waals surface area contributed by atoms with Gasteiger partial charge in [0.15, 0.2) is 0 Å². The fraction of sp³-hybridized carbons (Fsp3) is 0.400. The Kier molecular flexibility index (Phi) is 4.70. The van der Waals surface area contributed by atoms with E-state index in [1.807, 2.05) is 58.0 Å². The summed E-state index contributed by atoms with van der Waals surface area (Å²) >= 11 is 0. The minimum Gasteiger partial charge on any atom is -0.481 e. The summed E-state index contributed by atoms with van der Waals surface area (Å²) in [7, 11) is 0. The Morgan fingerprint density at radius 3 is 2.50 bits per heavy atom. The van der Waals surface area contributed by atoms with Crippen LogP contribution >= 0.6 is 0 Å². The van der Waals surface area contributed by atoms with E-state index in [4.69, 9.17) is 0 Å². The Balaban J connectivity index is 2.71. The number of carbonyl (C=O) groups is 2. The van der Waals surface area contributed by atoms with Gasteiger partial charge in [0.25, 0.3) is 0 Å². The summed E-state index contributed by atoms with van der Waals surface area (Å²) < 4.78 is 0. The average Bonchev–Trinajstić information content (AvgIpc) is 2.75. The maximum Gasteiger partial charge on any atom is 0.304 e. The highest BCUT2D eigenvalue weighted by molar-refractivity contribution is 6.10. The van der Waals surface area contributed by atoms with Crippen LogP contribution in [0.4, 0.5) is 5.69 Å². The molecular weight excluding hydrogens is 302 g/mol. The van der Waals surface area contributed by atoms with Gasteiger partial charge in [-0.15, -0.1) is 6.58 Å². The number of fused-ring (bicyclic) bond motifs is 1. The third-order valence-corrected chi connectivity index (χ3v) is 4.97. The van der Waals surface area contributed by atoms with Gasteiger partial charge in [0, 0.05) is 17.6 Å². The van der Waals surface area contributed by atoms with E-state index in [1.54, 1.807) is 11.0 Å². The van der Waals surface area contributed by atoms with E-state index in [1.165, 1.54) is 0 Å². The van der Waals surface area contributed by atoms with E-state index in [0.29, 0.717) is 6.54 Å². The molecule has 4 heteroatoms. The Hall–Kier alpha value is -2.36. The lowest BCUT2D eigenvalue weighted by atomic mass is 9.60. The number of rotatable bonds is 6. The van der Waals surface area contributed by atoms with Crippen molar-refractivity contribution in [3.63, 3.8) is 0 Å². The van der Waals surface area contributed by atoms with E-state index in [2.05, 4.69) is 6.58 Å². The lowest BCUT2D eigenvalue weighted by molar-refractivity contribution is -0.143. The molecule has 1 atom stereocenters. The number of carboxylic acids is 1. The molecule has 0 saturated heterocycles. The van der Waals surface area contributed by atoms with Crippen LogP contribution in [0.5, 0.6) is 0 Å². The minimum absolute atomic E-state index is 0.173. The van der Waals surface area contributed by atoms with E-state index in [0.717, 1.165) is 16.8 Å². The lowest BCUT2D eigenvalue weighted by Crippen LogP contribution is -2.50. The molecule has 0 aliphatic carbocycles. The fourth-order valence-corrected chi connectivity index (χ4v) is 3.40. The minimum atomic E-state index is -1.15. The van der Waals surface area contributed by atoms with Crippen molar-refractivity contribution >= 4 is 17.6 Å². The highest BCUT2D eigenvalue weighted by Crippen LogP contribution is 2.54. The molecular formula is C20H25NO3. The number of anilines is 1. The van der Waals surface area contributed by atoms with Gasteiger partial charge < -0.3 is 10.0 Å². The van der Waals surface area contributed by atoms with Gasteiger partial charge in [0.05, 0.1) is 11.8 Å². The molecule has 0 bridgehead atoms. The summed E-state index contributed by atoms with van der Waals surface area (Å²) in [4.78, 5) is 26.7. The monoisotopic (exact) mass is 327 g/mol. The Labute approximate surface area is 143 Å². The summed E-state index contributed by atoms with van der Waals surface area (Å²) in [6, 6.07) is 7.48. The first-order valence-electron chi connectivity index (χ1n) is 8.07. The number of allylic oxidation sites excluding steroid dienone is 2. The van der Waals surface area contributed by atoms with E-state index >= 15 is 0 Å². The number of hydrogen-bond donors (Lipinski definition) is 1. The Morgan fingerprint density at radius 1 is 1.33 bits per heavy atom. The predicted octanol–water partition coefficient (Wildman–Crippen LogP) is 3.92. The number of carboxylic acid groups (broad SMARTS) is 1. The molecule has 1 unspecified atom stereocenters. The molecule has 24 heavy (non-hydrogen) atoms. The first-order valence-corrected chi connectivity index (χ1v) is 8.07. The number of amides is 1. The number of hydrogen-bond acceptors (Lipinski definition) is 2. The van der Waals surface area contributed by atoms with Gasteiger partial charge in [0.2, 0.25) is 5.91 Å². The van der Waals surface area contributed by atoms with Gasteiger partial charge in [-0.25, -0.2) is 0 Å². The van der Waals surface area contributed by atoms with Crippen LogP contribution < -0.4 is 4.90 Å². The normalized spacial score (nSPS) is 19.8. The molecule has 2 rings (SSSR count). The second kappa shape index (κ2) is 6.27. The van der Waals surface area contributed by atoms with Crippen LogP contribution in [-0.2, 0) is 15.0 Å². The summed E-state index contributed by atoms with van der Waals surface area (Å²) in [5.74, 6) is -1.16. The van der Waals surface area contributed by atoms with Crippen molar-refractivity contribution in [2.45, 2.75) is 39.5 Å². The highest BCUT2D eigenvalue weighted by Gasteiger charge is 2.59. The van der Waals surface area contributed by atoms with Gasteiger partial charge in [-0.2, -0.15) is 0 Å². The average molecular weight is 327 g/mol. The number of aliphatic carboxylic acids is 1. The standard InChI is InChI=1S/C20H25NO3/c1-6-19(4,5)20(13-17(22)23)15-9-7-8-10-16(15)21(18(20)24)12-11-14(2)3/h6-11H,1,12-13H2,2-5H3,(H,22,23). The quantitative estimate of drug-likeness (QED) is 0.806. The van der Waals surface area contributed by atoms with Crippen LogP contribution in [0, 0.1) is 5.41 Å². The zero-order valence-corrected chi connectivity index (χ0v) is 14.8. The van der Waals surface area contributed by atoms with Crippen molar-refractivity contribution in [3.8, 4) is 0 Å². The topological polar surface area (TPSA) is 57.6 Å². The summed E-state index contributed by atoms with van der Waals surface area (Å²) in [6.07, 6.45) is 3.41. The number of carbonyl (C=O) groups excluding carboxylic acids is 1. The molecule has 128 valence electrons. The first-order chi connectivity index (χ1) is 11.2. The molecule has 1 aliphatic rings. The van der Waals surface area contributed by atoms with Crippen molar-refractivity contribution in [1.29, 1.82) is 0 Å². The molecule has 0 fully saturated rings. The van der Waals surface area contributed by atoms with Gasteiger partial charge >= 0.3 is 5.97 Å². The predicted molar refractivity (Wildman–Crippen MR) is 96.1 cm³/mol. The first kappa shape index (κ1) is 18.0. The second-order valence-corrected chi connectivity index (χ2v) is 7.12. The van der Waals surface area contributed by atoms with E-state index in [-0.39, 0.29) is 12.3 Å². The maximum atomic E-state index is 13.4. The van der Waals surface area contributed by atoms with E-state index in [9.17, 15) is 14.7 Å². The van der Waals surface area contributed by atoms with E-state index < -0.39 is 16.8 Å². The fourth-order valence-electron chi connectivity index (χ4n) is 3.40. The van der Waals surface area contributed by atoms with Crippen LogP contribution in [0.3, 0.4) is 0 Å². The number of benzene rings is 1. The third-order valence-electron chi connectivity index (χ3n) is 4.97. The van der Waals surface area contributed by atoms with Gasteiger partial charge in [0.1, 0.15) is 0 Å². The summed E-state index contributed by atoms with van der Waals surface area (Å²) in [5.41, 5.74) is 0.824. The summed E-state index contributed by atoms with van der Waals surface area (Å²) in [5, 5.41) is 9.53. The third kappa shape index (κ3) is 2.66. The van der Waals surface area contributed by atoms with Crippen molar-refractivity contribution < 1.29 is 14.7 Å². The molecule has 0 radical (unpaired) electrons. The van der Waals surface area contributed by atoms with Crippen molar-refractivity contribution in [1.82, 2.24) is 0 Å². The Bertz CT molecular complexity index is 713. The van der Waals surface area contributed by atoms with Crippen molar-refractivity contribution in [2.24, 2.45) is 5.41 Å². The smallest absolute Gasteiger partial charge is 0.304 e. The Morgan fingerprint density at radius 2 is 1.96 bits per heavy atom. The van der Waals surface area contributed by atoms with Gasteiger partial charge in [-0.3, -0.25) is 9.59 Å². The van der Waals surface area contributed by atoms with Crippen molar-refractivity contribution in [3.05, 3.63) is 54.1 Å². The number of para-hydroxylation sites is 1. The molecule has 1 aromatic carbocycles. The van der Waals surface area contributed by atoms with Crippen LogP contribution in [-0.4, -0.2) is 23.5 Å². The highest BCUT2D eigenvalue weighted by atomic mass is 16.4. The molecule has 1 heterocycles. The number of nitrogens with zero attached hydrogens (tertiary/aromatic N) is 1. The maximum absolute atomic E-state index is 13.4. The van der Waals surface area contributed by atoms with Crippen LogP contribution in [0.2, 0.25) is 0 Å². The van der Waals surface area contributed by atoms with Crippen molar-refractivity contribution in [2.75, 3.05) is 11.4 Å². The molecule has 1 aromatic rings. The molecule has 0 spiro atoms. The zero-order valence-electron chi connectivity index (χ0n) is 14.8. The molecule has 4 nitrogen and oxygen atoms in total. The van der Waals surface area contributed by atoms with Gasteiger partial charge in [-0.05, 0) is 25.5 Å². The zero-order chi connectivity index (χ0) is 18.1. The van der Waals surface area contributed by atoms with Crippen LogP contribution in [0.15, 0.2) is 48.6 Å². The molecule has 1 N–H and O–H groups in total. The lowest BCUT2D eigenvalue weighted by Gasteiger charge is -2.40. The second-order valence-electron chi connectivity index (χ2n) is 7.12. The largest absolute Gasteiger partial charge is 0.481 e. The van der Waals surface area contributed by atoms with Crippen LogP contribution in [0.25, 0.3) is 0 Å². The van der Waals surface area contributed by atoms with Gasteiger partial charge in [-0.1, -0.05) is 49.8 Å². The summed E-state index contributed by atoms with van der Waals surface area (Å²) in [6.45, 7) is 12.0. The molecule has 0 aromatic heterocycles. The molecule has 1 amide bonds. The SMILES string of the molecule is C=CC(C)(C)C1(CC(=O)O)C(=O)N(CC=C(C)C)c2ccccc21. The molecule has 0 saturated carbocycles. The van der Waals surface area contributed by atoms with Crippen LogP contribution in [0.1, 0.15) is 39.7 Å². The molecule has 1 aliphatic heterocycles.